The molecule has 0 heterocycles. The lowest BCUT2D eigenvalue weighted by Gasteiger charge is -1.97. The Morgan fingerprint density at radius 3 is 2.18 bits per heavy atom. The van der Waals surface area contributed by atoms with Crippen molar-refractivity contribution in [2.45, 2.75) is 0 Å². The summed E-state index contributed by atoms with van der Waals surface area (Å²) in [5.41, 5.74) is 4.44. The monoisotopic (exact) mass is 188 g/mol. The second kappa shape index (κ2) is 5.07. The maximum Gasteiger partial charge on any atom is 0.0485 e. The van der Waals surface area contributed by atoms with Gasteiger partial charge < -0.3 is 5.43 Å². The fraction of sp³-hybridized carbons (Fsp3) is 0. The molecule has 1 aromatic carbocycles. The molecule has 11 heavy (non-hydrogen) atoms. The topological polar surface area (TPSA) is 38.0 Å². The van der Waals surface area contributed by atoms with Crippen molar-refractivity contribution in [3.8, 4) is 0 Å². The molecular weight excluding hydrogens is 180 g/mol. The first kappa shape index (κ1) is 10.4. The van der Waals surface area contributed by atoms with Gasteiger partial charge in [-0.1, -0.05) is 24.4 Å². The third-order valence-corrected chi connectivity index (χ3v) is 1.49. The van der Waals surface area contributed by atoms with E-state index < -0.39 is 0 Å². The molecule has 0 saturated carbocycles. The minimum absolute atomic E-state index is 0. The zero-order valence-electron chi connectivity index (χ0n) is 5.78. The Morgan fingerprint density at radius 2 is 1.82 bits per heavy atom. The predicted octanol–water partition coefficient (Wildman–Crippen LogP) is 1.74. The third kappa shape index (κ3) is 2.84. The van der Waals surface area contributed by atoms with E-state index in [1.54, 1.807) is 5.37 Å². The summed E-state index contributed by atoms with van der Waals surface area (Å²) in [6, 6.07) is 7.56. The van der Waals surface area contributed by atoms with E-state index in [-0.39, 0.29) is 12.4 Å². The van der Waals surface area contributed by atoms with Gasteiger partial charge in [0.25, 0.3) is 0 Å². The van der Waals surface area contributed by atoms with Crippen LogP contribution in [0.1, 0.15) is 5.56 Å². The van der Waals surface area contributed by atoms with Crippen molar-refractivity contribution < 1.29 is 0 Å². The first-order valence-electron chi connectivity index (χ1n) is 2.88. The highest BCUT2D eigenvalue weighted by molar-refractivity contribution is 7.79. The molecule has 0 fully saturated rings. The summed E-state index contributed by atoms with van der Waals surface area (Å²) in [6.07, 6.45) is 0. The van der Waals surface area contributed by atoms with Crippen LogP contribution in [0.3, 0.4) is 0 Å². The largest absolute Gasteiger partial charge is 0.324 e. The number of anilines is 1. The van der Waals surface area contributed by atoms with Gasteiger partial charge in [-0.15, -0.1) is 12.4 Å². The van der Waals surface area contributed by atoms with E-state index in [2.05, 4.69) is 5.43 Å². The van der Waals surface area contributed by atoms with Gasteiger partial charge in [0.2, 0.25) is 0 Å². The summed E-state index contributed by atoms with van der Waals surface area (Å²) >= 11 is 4.72. The molecule has 0 radical (unpaired) electrons. The van der Waals surface area contributed by atoms with Crippen LogP contribution in [0.5, 0.6) is 0 Å². The molecule has 0 atom stereocenters. The molecule has 0 aromatic heterocycles. The fourth-order valence-electron chi connectivity index (χ4n) is 0.658. The molecule has 0 bridgehead atoms. The molecule has 0 unspecified atom stereocenters. The molecule has 4 heteroatoms. The average Bonchev–Trinajstić information content (AvgIpc) is 2.05. The normalized spacial score (nSPS) is 8.09. The Kier molecular flexibility index (Phi) is 4.77. The number of nitrogens with two attached hydrogens (primary N) is 1. The second-order valence-corrected chi connectivity index (χ2v) is 2.12. The average molecular weight is 189 g/mol. The van der Waals surface area contributed by atoms with E-state index in [4.69, 9.17) is 18.1 Å². The van der Waals surface area contributed by atoms with E-state index in [9.17, 15) is 0 Å². The van der Waals surface area contributed by atoms with Crippen molar-refractivity contribution in [2.24, 2.45) is 5.84 Å². The minimum atomic E-state index is 0. The maximum atomic E-state index is 5.16. The van der Waals surface area contributed by atoms with Gasteiger partial charge in [-0.2, -0.15) is 0 Å². The lowest BCUT2D eigenvalue weighted by Crippen LogP contribution is -2.06. The molecule has 0 saturated heterocycles. The van der Waals surface area contributed by atoms with Gasteiger partial charge in [0.15, 0.2) is 0 Å². The number of benzene rings is 1. The molecule has 0 aliphatic rings. The lowest BCUT2D eigenvalue weighted by molar-refractivity contribution is 1.35. The zero-order chi connectivity index (χ0) is 7.40. The predicted molar refractivity (Wildman–Crippen MR) is 54.3 cm³/mol. The Balaban J connectivity index is 0.000001000. The molecule has 0 amide bonds. The van der Waals surface area contributed by atoms with Gasteiger partial charge in [-0.25, -0.2) is 0 Å². The summed E-state index contributed by atoms with van der Waals surface area (Å²) in [5, 5.41) is 1.63. The smallest absolute Gasteiger partial charge is 0.0485 e. The first-order chi connectivity index (χ1) is 4.86. The Bertz CT molecular complexity index is 222. The number of nitrogens with one attached hydrogen (secondary N) is 1. The number of halogens is 1. The van der Waals surface area contributed by atoms with Gasteiger partial charge in [-0.05, 0) is 17.7 Å². The van der Waals surface area contributed by atoms with Crippen molar-refractivity contribution in [1.82, 2.24) is 0 Å². The van der Waals surface area contributed by atoms with E-state index in [0.29, 0.717) is 0 Å². The number of hydrogen-bond acceptors (Lipinski definition) is 3. The number of thiocarbonyl (C=S) groups is 1. The van der Waals surface area contributed by atoms with Gasteiger partial charge >= 0.3 is 0 Å². The van der Waals surface area contributed by atoms with Gasteiger partial charge in [0.1, 0.15) is 0 Å². The molecule has 0 aliphatic carbocycles. The highest BCUT2D eigenvalue weighted by Crippen LogP contribution is 2.05. The molecule has 60 valence electrons. The van der Waals surface area contributed by atoms with Crippen LogP contribution in [0, 0.1) is 0 Å². The van der Waals surface area contributed by atoms with Crippen LogP contribution in [0.2, 0.25) is 0 Å². The van der Waals surface area contributed by atoms with Crippen molar-refractivity contribution in [1.29, 1.82) is 0 Å². The zero-order valence-corrected chi connectivity index (χ0v) is 7.41. The van der Waals surface area contributed by atoms with E-state index in [1.807, 2.05) is 24.3 Å². The van der Waals surface area contributed by atoms with Crippen LogP contribution in [0.25, 0.3) is 0 Å². The molecule has 1 aromatic rings. The Morgan fingerprint density at radius 1 is 1.27 bits per heavy atom. The first-order valence-corrected chi connectivity index (χ1v) is 3.36. The van der Waals surface area contributed by atoms with Gasteiger partial charge in [0.05, 0.1) is 0 Å². The van der Waals surface area contributed by atoms with Crippen molar-refractivity contribution in [2.75, 3.05) is 5.43 Å². The van der Waals surface area contributed by atoms with E-state index >= 15 is 0 Å². The lowest BCUT2D eigenvalue weighted by atomic mass is 10.2. The van der Waals surface area contributed by atoms with Crippen LogP contribution >= 0.6 is 24.6 Å². The maximum absolute atomic E-state index is 5.16. The fourth-order valence-corrected chi connectivity index (χ4v) is 0.815. The molecular formula is C7H9ClN2S. The summed E-state index contributed by atoms with van der Waals surface area (Å²) in [4.78, 5) is 0. The summed E-state index contributed by atoms with van der Waals surface area (Å²) < 4.78 is 0. The van der Waals surface area contributed by atoms with Crippen LogP contribution < -0.4 is 11.3 Å². The van der Waals surface area contributed by atoms with Crippen molar-refractivity contribution in [3.05, 3.63) is 29.8 Å². The summed E-state index contributed by atoms with van der Waals surface area (Å²) in [6.45, 7) is 0. The number of nitrogen functional groups attached to an aromatic ring is 1. The van der Waals surface area contributed by atoms with E-state index in [1.165, 1.54) is 0 Å². The SMILES string of the molecule is Cl.NNc1ccc(C=S)cc1. The van der Waals surface area contributed by atoms with Crippen LogP contribution in [0.15, 0.2) is 24.3 Å². The van der Waals surface area contributed by atoms with Crippen molar-refractivity contribution in [3.63, 3.8) is 0 Å². The number of rotatable bonds is 2. The number of hydrogen-bond donors (Lipinski definition) is 2. The standard InChI is InChI=1S/C7H8N2S.ClH/c8-9-7-3-1-6(5-10)2-4-7;/h1-5,9H,8H2;1H. The molecule has 2 nitrogen and oxygen atoms in total. The third-order valence-electron chi connectivity index (χ3n) is 1.21. The van der Waals surface area contributed by atoms with Crippen molar-refractivity contribution >= 4 is 35.7 Å². The highest BCUT2D eigenvalue weighted by atomic mass is 35.5. The molecule has 3 N–H and O–H groups in total. The quantitative estimate of drug-likeness (QED) is 0.422. The Hall–Kier alpha value is -0.640. The molecule has 0 spiro atoms. The molecule has 0 aliphatic heterocycles. The van der Waals surface area contributed by atoms with Gasteiger partial charge in [-0.3, -0.25) is 5.84 Å². The van der Waals surface area contributed by atoms with Crippen LogP contribution in [-0.4, -0.2) is 5.37 Å². The molecule has 1 rings (SSSR count). The highest BCUT2D eigenvalue weighted by Gasteiger charge is 1.86. The Labute approximate surface area is 77.2 Å². The number of hydrazine groups is 1. The van der Waals surface area contributed by atoms with Gasteiger partial charge in [0, 0.05) is 11.1 Å². The van der Waals surface area contributed by atoms with Crippen LogP contribution in [-0.2, 0) is 0 Å². The summed E-state index contributed by atoms with van der Waals surface area (Å²) in [5.74, 6) is 5.16. The second-order valence-electron chi connectivity index (χ2n) is 1.88. The minimum Gasteiger partial charge on any atom is -0.324 e. The van der Waals surface area contributed by atoms with Crippen LogP contribution in [0.4, 0.5) is 5.69 Å². The summed E-state index contributed by atoms with van der Waals surface area (Å²) in [7, 11) is 0. The van der Waals surface area contributed by atoms with E-state index in [0.717, 1.165) is 11.3 Å².